The van der Waals surface area contributed by atoms with Gasteiger partial charge in [-0.2, -0.15) is 0 Å². The summed E-state index contributed by atoms with van der Waals surface area (Å²) in [6, 6.07) is 2.12. The smallest absolute Gasteiger partial charge is 0.118 e. The summed E-state index contributed by atoms with van der Waals surface area (Å²) in [4.78, 5) is 6.50. The number of thiazole rings is 1. The van der Waals surface area contributed by atoms with Crippen molar-refractivity contribution in [2.75, 3.05) is 7.05 Å². The third-order valence-electron chi connectivity index (χ3n) is 2.87. The zero-order valence-electron chi connectivity index (χ0n) is 12.6. The highest BCUT2D eigenvalue weighted by Crippen LogP contribution is 2.13. The van der Waals surface area contributed by atoms with Crippen molar-refractivity contribution >= 4 is 11.3 Å². The maximum atomic E-state index is 5.62. The molecule has 0 aliphatic heterocycles. The van der Waals surface area contributed by atoms with Crippen LogP contribution >= 0.6 is 11.3 Å². The molecular weight excluding hydrogens is 270 g/mol. The molecule has 1 N–H and O–H groups in total. The molecule has 0 bridgehead atoms. The lowest BCUT2D eigenvalue weighted by atomic mass is 10.1. The maximum Gasteiger partial charge on any atom is 0.118 e. The first-order chi connectivity index (χ1) is 9.42. The van der Waals surface area contributed by atoms with Crippen LogP contribution in [-0.2, 0) is 19.6 Å². The van der Waals surface area contributed by atoms with Gasteiger partial charge in [0.25, 0.3) is 0 Å². The summed E-state index contributed by atoms with van der Waals surface area (Å²) in [7, 11) is 2.08. The predicted octanol–water partition coefficient (Wildman–Crippen LogP) is 3.26. The molecular formula is C15H23N3OS. The Hall–Kier alpha value is -1.17. The summed E-state index contributed by atoms with van der Waals surface area (Å²) in [6.07, 6.45) is 1.84. The van der Waals surface area contributed by atoms with Gasteiger partial charge >= 0.3 is 0 Å². The van der Waals surface area contributed by atoms with Crippen LogP contribution in [0.3, 0.4) is 0 Å². The minimum Gasteiger partial charge on any atom is -0.468 e. The van der Waals surface area contributed by atoms with Crippen molar-refractivity contribution < 1.29 is 4.42 Å². The van der Waals surface area contributed by atoms with E-state index in [4.69, 9.17) is 4.42 Å². The third kappa shape index (κ3) is 5.07. The zero-order valence-corrected chi connectivity index (χ0v) is 13.5. The zero-order chi connectivity index (χ0) is 14.6. The lowest BCUT2D eigenvalue weighted by Gasteiger charge is -2.19. The van der Waals surface area contributed by atoms with E-state index in [9.17, 15) is 0 Å². The van der Waals surface area contributed by atoms with Gasteiger partial charge in [-0.05, 0) is 33.9 Å². The molecule has 0 fully saturated rings. The summed E-state index contributed by atoms with van der Waals surface area (Å²) in [6.45, 7) is 8.97. The second-order valence-corrected chi connectivity index (χ2v) is 6.90. The normalized spacial score (nSPS) is 12.2. The standard InChI is InChI=1S/C15H23N3OS/c1-15(2,3)17-6-12-5-14(19-9-12)8-18(4)7-13-10-20-11-16-13/h5,9-11,17H,6-8H2,1-4H3. The summed E-state index contributed by atoms with van der Waals surface area (Å²) in [5.41, 5.74) is 4.29. The van der Waals surface area contributed by atoms with Crippen molar-refractivity contribution in [2.45, 2.75) is 45.9 Å². The molecule has 20 heavy (non-hydrogen) atoms. The first-order valence-corrected chi connectivity index (χ1v) is 7.73. The Kier molecular flexibility index (Phi) is 4.96. The Morgan fingerprint density at radius 3 is 2.80 bits per heavy atom. The molecule has 2 rings (SSSR count). The highest BCUT2D eigenvalue weighted by Gasteiger charge is 2.11. The number of nitrogens with zero attached hydrogens (tertiary/aromatic N) is 2. The lowest BCUT2D eigenvalue weighted by Crippen LogP contribution is -2.34. The van der Waals surface area contributed by atoms with E-state index in [1.165, 1.54) is 5.56 Å². The molecule has 110 valence electrons. The average molecular weight is 293 g/mol. The van der Waals surface area contributed by atoms with Crippen molar-refractivity contribution in [1.82, 2.24) is 15.2 Å². The van der Waals surface area contributed by atoms with Gasteiger partial charge < -0.3 is 9.73 Å². The van der Waals surface area contributed by atoms with Gasteiger partial charge in [-0.3, -0.25) is 4.90 Å². The molecule has 2 aromatic heterocycles. The number of aromatic nitrogens is 1. The van der Waals surface area contributed by atoms with Crippen molar-refractivity contribution in [3.05, 3.63) is 40.2 Å². The van der Waals surface area contributed by atoms with Crippen LogP contribution in [0.25, 0.3) is 0 Å². The van der Waals surface area contributed by atoms with E-state index < -0.39 is 0 Å². The molecule has 4 nitrogen and oxygen atoms in total. The molecule has 0 unspecified atom stereocenters. The van der Waals surface area contributed by atoms with E-state index in [0.717, 1.165) is 31.1 Å². The van der Waals surface area contributed by atoms with Crippen LogP contribution in [0.1, 0.15) is 37.8 Å². The van der Waals surface area contributed by atoms with Gasteiger partial charge in [0.05, 0.1) is 24.0 Å². The monoisotopic (exact) mass is 293 g/mol. The van der Waals surface area contributed by atoms with E-state index in [1.54, 1.807) is 11.3 Å². The number of rotatable bonds is 6. The predicted molar refractivity (Wildman–Crippen MR) is 82.6 cm³/mol. The maximum absolute atomic E-state index is 5.62. The molecule has 5 heteroatoms. The fraction of sp³-hybridized carbons (Fsp3) is 0.533. The second kappa shape index (κ2) is 6.52. The number of nitrogens with one attached hydrogen (secondary N) is 1. The van der Waals surface area contributed by atoms with Crippen LogP contribution in [-0.4, -0.2) is 22.5 Å². The first-order valence-electron chi connectivity index (χ1n) is 6.79. The summed E-state index contributed by atoms with van der Waals surface area (Å²) < 4.78 is 5.62. The first kappa shape index (κ1) is 15.2. The highest BCUT2D eigenvalue weighted by atomic mass is 32.1. The average Bonchev–Trinajstić information content (AvgIpc) is 2.97. The van der Waals surface area contributed by atoms with Crippen LogP contribution < -0.4 is 5.32 Å². The van der Waals surface area contributed by atoms with E-state index in [0.29, 0.717) is 0 Å². The van der Waals surface area contributed by atoms with Crippen LogP contribution in [0.5, 0.6) is 0 Å². The van der Waals surface area contributed by atoms with Crippen molar-refractivity contribution in [3.8, 4) is 0 Å². The molecule has 0 radical (unpaired) electrons. The van der Waals surface area contributed by atoms with Crippen LogP contribution in [0.15, 0.2) is 27.6 Å². The molecule has 0 saturated carbocycles. The van der Waals surface area contributed by atoms with E-state index >= 15 is 0 Å². The molecule has 0 spiro atoms. The minimum atomic E-state index is 0.124. The summed E-state index contributed by atoms with van der Waals surface area (Å²) in [5, 5.41) is 5.54. The molecule has 2 heterocycles. The molecule has 0 atom stereocenters. The van der Waals surface area contributed by atoms with Gasteiger partial charge in [-0.1, -0.05) is 0 Å². The Balaban J connectivity index is 1.83. The molecule has 2 aromatic rings. The van der Waals surface area contributed by atoms with E-state index in [2.05, 4.69) is 54.5 Å². The minimum absolute atomic E-state index is 0.124. The van der Waals surface area contributed by atoms with E-state index in [1.807, 2.05) is 11.8 Å². The molecule has 0 amide bonds. The topological polar surface area (TPSA) is 41.3 Å². The van der Waals surface area contributed by atoms with Gasteiger partial charge in [-0.25, -0.2) is 4.98 Å². The number of hydrogen-bond acceptors (Lipinski definition) is 5. The van der Waals surface area contributed by atoms with Crippen molar-refractivity contribution in [2.24, 2.45) is 0 Å². The van der Waals surface area contributed by atoms with Crippen LogP contribution in [0.2, 0.25) is 0 Å². The van der Waals surface area contributed by atoms with Crippen LogP contribution in [0.4, 0.5) is 0 Å². The molecule has 0 aliphatic rings. The Morgan fingerprint density at radius 2 is 2.15 bits per heavy atom. The lowest BCUT2D eigenvalue weighted by molar-refractivity contribution is 0.285. The fourth-order valence-electron chi connectivity index (χ4n) is 1.88. The Morgan fingerprint density at radius 1 is 1.35 bits per heavy atom. The van der Waals surface area contributed by atoms with Crippen molar-refractivity contribution in [3.63, 3.8) is 0 Å². The quantitative estimate of drug-likeness (QED) is 0.887. The molecule has 0 aromatic carbocycles. The molecule has 0 aliphatic carbocycles. The van der Waals surface area contributed by atoms with Gasteiger partial charge in [0.1, 0.15) is 5.76 Å². The fourth-order valence-corrected chi connectivity index (χ4v) is 2.43. The molecule has 0 saturated heterocycles. The summed E-state index contributed by atoms with van der Waals surface area (Å²) in [5.74, 6) is 0.994. The largest absolute Gasteiger partial charge is 0.468 e. The van der Waals surface area contributed by atoms with Gasteiger partial charge in [0.2, 0.25) is 0 Å². The Bertz CT molecular complexity index is 513. The Labute approximate surface area is 124 Å². The van der Waals surface area contributed by atoms with Gasteiger partial charge in [0.15, 0.2) is 0 Å². The van der Waals surface area contributed by atoms with Gasteiger partial charge in [-0.15, -0.1) is 11.3 Å². The number of furan rings is 1. The van der Waals surface area contributed by atoms with Gasteiger partial charge in [0, 0.05) is 29.6 Å². The highest BCUT2D eigenvalue weighted by molar-refractivity contribution is 7.07. The third-order valence-corrected chi connectivity index (χ3v) is 3.51. The second-order valence-electron chi connectivity index (χ2n) is 6.18. The van der Waals surface area contributed by atoms with Crippen molar-refractivity contribution in [1.29, 1.82) is 0 Å². The summed E-state index contributed by atoms with van der Waals surface area (Å²) >= 11 is 1.63. The van der Waals surface area contributed by atoms with Crippen LogP contribution in [0, 0.1) is 0 Å². The number of hydrogen-bond donors (Lipinski definition) is 1. The van der Waals surface area contributed by atoms with E-state index in [-0.39, 0.29) is 5.54 Å². The SMILES string of the molecule is CN(Cc1cscn1)Cc1cc(CNC(C)(C)C)co1.